The normalized spacial score (nSPS) is 17.7. The van der Waals surface area contributed by atoms with Gasteiger partial charge in [-0.3, -0.25) is 9.69 Å². The van der Waals surface area contributed by atoms with Gasteiger partial charge in [0.2, 0.25) is 10.9 Å². The van der Waals surface area contributed by atoms with Crippen molar-refractivity contribution in [2.45, 2.75) is 29.5 Å². The van der Waals surface area contributed by atoms with Crippen LogP contribution in [0.3, 0.4) is 0 Å². The van der Waals surface area contributed by atoms with Crippen molar-refractivity contribution in [3.05, 3.63) is 53.0 Å². The van der Waals surface area contributed by atoms with E-state index in [1.807, 2.05) is 0 Å². The molecule has 2 aromatic rings. The van der Waals surface area contributed by atoms with Crippen LogP contribution in [-0.2, 0) is 4.79 Å². The zero-order valence-corrected chi connectivity index (χ0v) is 21.3. The number of thioether (sulfide) groups is 1. The molecule has 0 saturated carbocycles. The standard InChI is InChI=1S/C24H25N5O4S2/c1-5-11-34-24-28-27-23(35-24)29-15-7-6-8-16(30)19(15)18(14(12-25)22(29)26)13-9-10-17(31-2)21(33-4)20(13)32-3/h5,9-10,18H,1,6-8,11,26H2,2-4H3. The summed E-state index contributed by atoms with van der Waals surface area (Å²) in [6.07, 6.45) is 3.46. The SMILES string of the molecule is C=CCSc1nnc(N2C(N)=C(C#N)C(c3ccc(OC)c(OC)c3OC)C3=C2CCCC3=O)s1. The van der Waals surface area contributed by atoms with Crippen LogP contribution in [0.4, 0.5) is 5.13 Å². The van der Waals surface area contributed by atoms with Gasteiger partial charge in [0, 0.05) is 29.0 Å². The number of ketones is 1. The topological polar surface area (TPSA) is 124 Å². The molecule has 2 aliphatic rings. The maximum absolute atomic E-state index is 13.4. The lowest BCUT2D eigenvalue weighted by atomic mass is 9.75. The summed E-state index contributed by atoms with van der Waals surface area (Å²) in [6.45, 7) is 3.73. The lowest BCUT2D eigenvalue weighted by Gasteiger charge is -2.38. The van der Waals surface area contributed by atoms with Crippen LogP contribution in [0.1, 0.15) is 30.7 Å². The van der Waals surface area contributed by atoms with Crippen molar-refractivity contribution < 1.29 is 19.0 Å². The highest BCUT2D eigenvalue weighted by atomic mass is 32.2. The number of hydrogen-bond donors (Lipinski definition) is 1. The minimum absolute atomic E-state index is 0.0379. The Kier molecular flexibility index (Phi) is 7.33. The number of allylic oxidation sites excluding steroid dienone is 3. The summed E-state index contributed by atoms with van der Waals surface area (Å²) in [5, 5.41) is 19.3. The van der Waals surface area contributed by atoms with E-state index in [1.54, 1.807) is 23.1 Å². The maximum Gasteiger partial charge on any atom is 0.219 e. The van der Waals surface area contributed by atoms with E-state index in [-0.39, 0.29) is 17.2 Å². The number of nitrogens with zero attached hydrogens (tertiary/aromatic N) is 4. The predicted molar refractivity (Wildman–Crippen MR) is 135 cm³/mol. The van der Waals surface area contributed by atoms with Gasteiger partial charge in [-0.25, -0.2) is 0 Å². The van der Waals surface area contributed by atoms with Gasteiger partial charge in [-0.2, -0.15) is 5.26 Å². The third-order valence-electron chi connectivity index (χ3n) is 5.87. The molecule has 1 aromatic carbocycles. The van der Waals surface area contributed by atoms with Gasteiger partial charge in [0.15, 0.2) is 21.6 Å². The Morgan fingerprint density at radius 3 is 2.69 bits per heavy atom. The molecular weight excluding hydrogens is 486 g/mol. The molecule has 0 spiro atoms. The largest absolute Gasteiger partial charge is 0.493 e. The number of ether oxygens (including phenoxy) is 3. The van der Waals surface area contributed by atoms with Crippen LogP contribution in [0, 0.1) is 11.3 Å². The molecule has 0 saturated heterocycles. The van der Waals surface area contributed by atoms with Crippen molar-refractivity contribution in [2.24, 2.45) is 5.73 Å². The monoisotopic (exact) mass is 511 g/mol. The molecule has 0 bridgehead atoms. The highest BCUT2D eigenvalue weighted by molar-refractivity contribution is 8.01. The molecule has 1 unspecified atom stereocenters. The first-order chi connectivity index (χ1) is 17.0. The number of aromatic nitrogens is 2. The lowest BCUT2D eigenvalue weighted by Crippen LogP contribution is -2.38. The van der Waals surface area contributed by atoms with Crippen LogP contribution in [-0.4, -0.2) is 43.1 Å². The predicted octanol–water partition coefficient (Wildman–Crippen LogP) is 4.15. The maximum atomic E-state index is 13.4. The summed E-state index contributed by atoms with van der Waals surface area (Å²) in [7, 11) is 4.55. The van der Waals surface area contributed by atoms with Crippen molar-refractivity contribution in [2.75, 3.05) is 32.0 Å². The molecule has 0 amide bonds. The third kappa shape index (κ3) is 4.24. The molecule has 11 heteroatoms. The number of Topliss-reactive ketones (excluding diaryl/α,β-unsaturated/α-hetero) is 1. The number of nitriles is 1. The summed E-state index contributed by atoms with van der Waals surface area (Å²) in [6, 6.07) is 5.77. The average molecular weight is 512 g/mol. The number of rotatable bonds is 8. The summed E-state index contributed by atoms with van der Waals surface area (Å²) >= 11 is 2.86. The first kappa shape index (κ1) is 24.6. The number of benzene rings is 1. The Balaban J connectivity index is 1.94. The van der Waals surface area contributed by atoms with E-state index in [2.05, 4.69) is 22.8 Å². The summed E-state index contributed by atoms with van der Waals surface area (Å²) in [4.78, 5) is 15.1. The Hall–Kier alpha value is -3.49. The van der Waals surface area contributed by atoms with Crippen LogP contribution >= 0.6 is 23.1 Å². The highest BCUT2D eigenvalue weighted by Crippen LogP contribution is 2.52. The molecule has 2 heterocycles. The second kappa shape index (κ2) is 10.4. The van der Waals surface area contributed by atoms with E-state index in [0.29, 0.717) is 58.5 Å². The van der Waals surface area contributed by atoms with E-state index in [1.165, 1.54) is 44.4 Å². The number of hydrogen-bond acceptors (Lipinski definition) is 11. The van der Waals surface area contributed by atoms with E-state index < -0.39 is 5.92 Å². The summed E-state index contributed by atoms with van der Waals surface area (Å²) < 4.78 is 17.4. The second-order valence-corrected chi connectivity index (χ2v) is 9.91. The third-order valence-corrected chi connectivity index (χ3v) is 7.91. The molecule has 1 atom stereocenters. The molecule has 35 heavy (non-hydrogen) atoms. The average Bonchev–Trinajstić information content (AvgIpc) is 3.34. The second-order valence-electron chi connectivity index (χ2n) is 7.69. The van der Waals surface area contributed by atoms with Gasteiger partial charge < -0.3 is 19.9 Å². The van der Waals surface area contributed by atoms with E-state index in [4.69, 9.17) is 19.9 Å². The summed E-state index contributed by atoms with van der Waals surface area (Å²) in [5.74, 6) is 1.40. The minimum Gasteiger partial charge on any atom is -0.493 e. The molecule has 2 N–H and O–H groups in total. The Bertz CT molecular complexity index is 1280. The minimum atomic E-state index is -0.712. The highest BCUT2D eigenvalue weighted by Gasteiger charge is 2.43. The number of carbonyl (C=O) groups excluding carboxylic acids is 1. The fraction of sp³-hybridized carbons (Fsp3) is 0.333. The van der Waals surface area contributed by atoms with Crippen molar-refractivity contribution >= 4 is 34.0 Å². The van der Waals surface area contributed by atoms with Gasteiger partial charge in [-0.1, -0.05) is 35.2 Å². The Morgan fingerprint density at radius 2 is 2.03 bits per heavy atom. The van der Waals surface area contributed by atoms with E-state index in [0.717, 1.165) is 10.0 Å². The van der Waals surface area contributed by atoms with E-state index >= 15 is 0 Å². The van der Waals surface area contributed by atoms with E-state index in [9.17, 15) is 10.1 Å². The summed E-state index contributed by atoms with van der Waals surface area (Å²) in [5.41, 5.74) is 8.72. The zero-order valence-electron chi connectivity index (χ0n) is 19.7. The zero-order chi connectivity index (χ0) is 25.1. The Labute approximate surface area is 211 Å². The molecule has 9 nitrogen and oxygen atoms in total. The molecule has 1 aliphatic heterocycles. The molecule has 1 aromatic heterocycles. The quantitative estimate of drug-likeness (QED) is 0.408. The first-order valence-corrected chi connectivity index (χ1v) is 12.6. The van der Waals surface area contributed by atoms with Gasteiger partial charge >= 0.3 is 0 Å². The molecule has 0 fully saturated rings. The van der Waals surface area contributed by atoms with Gasteiger partial charge in [0.1, 0.15) is 5.82 Å². The number of carbonyl (C=O) groups is 1. The van der Waals surface area contributed by atoms with Crippen LogP contribution in [0.5, 0.6) is 17.2 Å². The van der Waals surface area contributed by atoms with Crippen LogP contribution in [0.2, 0.25) is 0 Å². The van der Waals surface area contributed by atoms with Crippen molar-refractivity contribution in [1.82, 2.24) is 10.2 Å². The van der Waals surface area contributed by atoms with Crippen LogP contribution < -0.4 is 24.8 Å². The fourth-order valence-corrected chi connectivity index (χ4v) is 6.09. The van der Waals surface area contributed by atoms with Crippen molar-refractivity contribution in [3.63, 3.8) is 0 Å². The van der Waals surface area contributed by atoms with Gasteiger partial charge in [-0.05, 0) is 18.9 Å². The molecule has 1 aliphatic carbocycles. The molecule has 182 valence electrons. The van der Waals surface area contributed by atoms with Crippen LogP contribution in [0.15, 0.2) is 51.8 Å². The van der Waals surface area contributed by atoms with Gasteiger partial charge in [-0.15, -0.1) is 16.8 Å². The van der Waals surface area contributed by atoms with Crippen molar-refractivity contribution in [3.8, 4) is 23.3 Å². The molecule has 4 rings (SSSR count). The number of methoxy groups -OCH3 is 3. The molecular formula is C24H25N5O4S2. The first-order valence-electron chi connectivity index (χ1n) is 10.8. The van der Waals surface area contributed by atoms with Gasteiger partial charge in [0.05, 0.1) is 38.9 Å². The fourth-order valence-electron chi connectivity index (χ4n) is 4.45. The van der Waals surface area contributed by atoms with Gasteiger partial charge in [0.25, 0.3) is 0 Å². The van der Waals surface area contributed by atoms with Crippen molar-refractivity contribution in [1.29, 1.82) is 5.26 Å². The Morgan fingerprint density at radius 1 is 1.26 bits per heavy atom. The number of anilines is 1. The number of nitrogens with two attached hydrogens (primary N) is 1. The molecule has 0 radical (unpaired) electrons. The lowest BCUT2D eigenvalue weighted by molar-refractivity contribution is -0.116. The van der Waals surface area contributed by atoms with Crippen LogP contribution in [0.25, 0.3) is 0 Å². The smallest absolute Gasteiger partial charge is 0.219 e.